The molecule has 1 aromatic heterocycles. The Morgan fingerprint density at radius 1 is 1.19 bits per heavy atom. The molecule has 140 valence electrons. The molecule has 1 N–H and O–H groups in total. The molecule has 2 aromatic carbocycles. The average molecular weight is 366 g/mol. The Bertz CT molecular complexity index is 983. The van der Waals surface area contributed by atoms with Crippen LogP contribution in [0.4, 0.5) is 5.69 Å². The van der Waals surface area contributed by atoms with Crippen LogP contribution in [-0.4, -0.2) is 47.7 Å². The fourth-order valence-electron chi connectivity index (χ4n) is 3.30. The van der Waals surface area contributed by atoms with E-state index in [1.807, 2.05) is 30.3 Å². The van der Waals surface area contributed by atoms with Gasteiger partial charge in [0.25, 0.3) is 5.91 Å². The van der Waals surface area contributed by atoms with E-state index in [1.165, 1.54) is 0 Å². The van der Waals surface area contributed by atoms with Crippen LogP contribution in [0.1, 0.15) is 5.82 Å². The number of hydrogen-bond donors (Lipinski definition) is 1. The van der Waals surface area contributed by atoms with Crippen LogP contribution in [0.25, 0.3) is 11.0 Å². The van der Waals surface area contributed by atoms with Gasteiger partial charge in [0.2, 0.25) is 0 Å². The number of anilines is 1. The van der Waals surface area contributed by atoms with E-state index in [9.17, 15) is 4.79 Å². The highest BCUT2D eigenvalue weighted by Gasteiger charge is 2.18. The van der Waals surface area contributed by atoms with Gasteiger partial charge >= 0.3 is 0 Å². The molecule has 4 rings (SSSR count). The second-order valence-electron chi connectivity index (χ2n) is 6.61. The lowest BCUT2D eigenvalue weighted by atomic mass is 10.2. The van der Waals surface area contributed by atoms with Crippen molar-refractivity contribution in [1.29, 1.82) is 0 Å². The van der Waals surface area contributed by atoms with E-state index >= 15 is 0 Å². The molecule has 0 fully saturated rings. The largest absolute Gasteiger partial charge is 0.493 e. The molecule has 27 heavy (non-hydrogen) atoms. The number of nitrogens with one attached hydrogen (secondary N) is 1. The molecule has 1 amide bonds. The molecule has 0 unspecified atom stereocenters. The van der Waals surface area contributed by atoms with E-state index in [4.69, 9.17) is 14.5 Å². The molecule has 0 bridgehead atoms. The van der Waals surface area contributed by atoms with E-state index in [0.29, 0.717) is 17.2 Å². The first-order chi connectivity index (χ1) is 13.1. The zero-order chi connectivity index (χ0) is 18.8. The fraction of sp³-hybridized carbons (Fsp3) is 0.300. The minimum Gasteiger partial charge on any atom is -0.493 e. The summed E-state index contributed by atoms with van der Waals surface area (Å²) in [6, 6.07) is 13.1. The first-order valence-electron chi connectivity index (χ1n) is 8.87. The highest BCUT2D eigenvalue weighted by molar-refractivity contribution is 5.94. The maximum absolute atomic E-state index is 12.2. The lowest BCUT2D eigenvalue weighted by Crippen LogP contribution is -2.30. The SMILES string of the molecule is COc1ccccc1OCC(=O)Nc1ccc2c(c1)nc1n2CCN(C)C1. The van der Waals surface area contributed by atoms with Gasteiger partial charge in [-0.15, -0.1) is 0 Å². The van der Waals surface area contributed by atoms with Crippen molar-refractivity contribution in [2.24, 2.45) is 0 Å². The molecule has 3 aromatic rings. The summed E-state index contributed by atoms with van der Waals surface area (Å²) in [6.45, 7) is 2.68. The molecule has 0 saturated carbocycles. The number of carbonyl (C=O) groups excluding carboxylic acids is 1. The quantitative estimate of drug-likeness (QED) is 0.751. The Morgan fingerprint density at radius 3 is 2.81 bits per heavy atom. The van der Waals surface area contributed by atoms with Crippen LogP contribution in [0, 0.1) is 0 Å². The summed E-state index contributed by atoms with van der Waals surface area (Å²) in [5.74, 6) is 1.96. The summed E-state index contributed by atoms with van der Waals surface area (Å²) in [5.41, 5.74) is 2.70. The van der Waals surface area contributed by atoms with Gasteiger partial charge < -0.3 is 19.4 Å². The van der Waals surface area contributed by atoms with E-state index in [2.05, 4.69) is 21.8 Å². The van der Waals surface area contributed by atoms with Gasteiger partial charge in [0.1, 0.15) is 5.82 Å². The van der Waals surface area contributed by atoms with Crippen LogP contribution in [0.5, 0.6) is 11.5 Å². The fourth-order valence-corrected chi connectivity index (χ4v) is 3.30. The number of methoxy groups -OCH3 is 1. The summed E-state index contributed by atoms with van der Waals surface area (Å²) in [4.78, 5) is 19.2. The van der Waals surface area contributed by atoms with Gasteiger partial charge in [-0.3, -0.25) is 9.69 Å². The molecule has 0 aliphatic carbocycles. The Balaban J connectivity index is 1.44. The second-order valence-corrected chi connectivity index (χ2v) is 6.61. The molecule has 0 radical (unpaired) electrons. The number of hydrogen-bond acceptors (Lipinski definition) is 5. The van der Waals surface area contributed by atoms with Crippen molar-refractivity contribution in [2.75, 3.05) is 32.6 Å². The molecule has 2 heterocycles. The van der Waals surface area contributed by atoms with Gasteiger partial charge in [-0.25, -0.2) is 4.98 Å². The zero-order valence-corrected chi connectivity index (χ0v) is 15.4. The van der Waals surface area contributed by atoms with Crippen molar-refractivity contribution >= 4 is 22.6 Å². The number of fused-ring (bicyclic) bond motifs is 3. The zero-order valence-electron chi connectivity index (χ0n) is 15.4. The van der Waals surface area contributed by atoms with Crippen LogP contribution < -0.4 is 14.8 Å². The maximum Gasteiger partial charge on any atom is 0.262 e. The van der Waals surface area contributed by atoms with Crippen molar-refractivity contribution in [2.45, 2.75) is 13.1 Å². The average Bonchev–Trinajstić information content (AvgIpc) is 3.03. The predicted octanol–water partition coefficient (Wildman–Crippen LogP) is 2.51. The number of rotatable bonds is 5. The molecule has 0 spiro atoms. The molecule has 7 heteroatoms. The number of imidazole rings is 1. The first kappa shape index (κ1) is 17.4. The maximum atomic E-state index is 12.2. The van der Waals surface area contributed by atoms with Crippen LogP contribution in [0.15, 0.2) is 42.5 Å². The van der Waals surface area contributed by atoms with Crippen LogP contribution in [-0.2, 0) is 17.9 Å². The van der Waals surface area contributed by atoms with E-state index < -0.39 is 0 Å². The first-order valence-corrected chi connectivity index (χ1v) is 8.87. The number of carbonyl (C=O) groups is 1. The van der Waals surface area contributed by atoms with Gasteiger partial charge in [0, 0.05) is 18.8 Å². The minimum absolute atomic E-state index is 0.0943. The molecular weight excluding hydrogens is 344 g/mol. The summed E-state index contributed by atoms with van der Waals surface area (Å²) >= 11 is 0. The van der Waals surface area contributed by atoms with E-state index in [-0.39, 0.29) is 12.5 Å². The molecule has 1 aliphatic rings. The lowest BCUT2D eigenvalue weighted by molar-refractivity contribution is -0.118. The van der Waals surface area contributed by atoms with E-state index in [0.717, 1.165) is 36.5 Å². The monoisotopic (exact) mass is 366 g/mol. The number of likely N-dealkylation sites (N-methyl/N-ethyl adjacent to an activating group) is 1. The Morgan fingerprint density at radius 2 is 2.00 bits per heavy atom. The summed E-state index contributed by atoms with van der Waals surface area (Å²) in [7, 11) is 3.66. The number of amides is 1. The van der Waals surface area contributed by atoms with Crippen molar-refractivity contribution in [3.63, 3.8) is 0 Å². The van der Waals surface area contributed by atoms with Gasteiger partial charge in [-0.1, -0.05) is 12.1 Å². The third kappa shape index (κ3) is 3.59. The smallest absolute Gasteiger partial charge is 0.262 e. The molecular formula is C20H22N4O3. The Hall–Kier alpha value is -3.06. The summed E-state index contributed by atoms with van der Waals surface area (Å²) in [5, 5.41) is 2.87. The lowest BCUT2D eigenvalue weighted by Gasteiger charge is -2.23. The van der Waals surface area contributed by atoms with Crippen molar-refractivity contribution in [3.8, 4) is 11.5 Å². The summed E-state index contributed by atoms with van der Waals surface area (Å²) in [6.07, 6.45) is 0. The molecule has 7 nitrogen and oxygen atoms in total. The topological polar surface area (TPSA) is 68.6 Å². The third-order valence-electron chi connectivity index (χ3n) is 4.66. The van der Waals surface area contributed by atoms with Gasteiger partial charge in [0.05, 0.1) is 24.7 Å². The Kier molecular flexibility index (Phi) is 4.68. The number of ether oxygens (including phenoxy) is 2. The third-order valence-corrected chi connectivity index (χ3v) is 4.66. The van der Waals surface area contributed by atoms with Gasteiger partial charge in [0.15, 0.2) is 18.1 Å². The summed E-state index contributed by atoms with van der Waals surface area (Å²) < 4.78 is 13.0. The number of para-hydroxylation sites is 2. The van der Waals surface area contributed by atoms with Crippen LogP contribution in [0.2, 0.25) is 0 Å². The number of benzene rings is 2. The molecule has 1 aliphatic heterocycles. The number of nitrogens with zero attached hydrogens (tertiary/aromatic N) is 3. The number of aromatic nitrogens is 2. The highest BCUT2D eigenvalue weighted by atomic mass is 16.5. The molecule has 0 saturated heterocycles. The highest BCUT2D eigenvalue weighted by Crippen LogP contribution is 2.26. The molecule has 0 atom stereocenters. The van der Waals surface area contributed by atoms with Gasteiger partial charge in [-0.2, -0.15) is 0 Å². The van der Waals surface area contributed by atoms with Gasteiger partial charge in [-0.05, 0) is 37.4 Å². The minimum atomic E-state index is -0.232. The van der Waals surface area contributed by atoms with Crippen molar-refractivity contribution in [1.82, 2.24) is 14.5 Å². The van der Waals surface area contributed by atoms with Crippen LogP contribution in [0.3, 0.4) is 0 Å². The standard InChI is InChI=1S/C20H22N4O3/c1-23-9-10-24-16-8-7-14(11-15(16)22-19(24)12-23)21-20(25)13-27-18-6-4-3-5-17(18)26-2/h3-8,11H,9-10,12-13H2,1-2H3,(H,21,25). The van der Waals surface area contributed by atoms with Crippen molar-refractivity contribution in [3.05, 3.63) is 48.3 Å². The second kappa shape index (κ2) is 7.28. The van der Waals surface area contributed by atoms with Crippen molar-refractivity contribution < 1.29 is 14.3 Å². The van der Waals surface area contributed by atoms with E-state index in [1.54, 1.807) is 19.2 Å². The predicted molar refractivity (Wildman–Crippen MR) is 103 cm³/mol. The van der Waals surface area contributed by atoms with Crippen LogP contribution >= 0.6 is 0 Å². The Labute approximate surface area is 157 Å². The normalized spacial score (nSPS) is 14.0.